The Bertz CT molecular complexity index is 742. The lowest BCUT2D eigenvalue weighted by atomic mass is 9.50. The Labute approximate surface area is 151 Å². The Hall–Kier alpha value is -1.57. The standard InChI is InChI=1S/C23H30O2/c1-5-21(24)23-13-10-18-17-9-7-16(25-4)14-15(17)6-8-19(18)20(23)11-12-22(23,2)3/h7,9,11,14,18-19H,5-6,8,10,12-13H2,1-4H3/t18?,19?,23-/m1/s1. The van der Waals surface area contributed by atoms with Crippen LogP contribution in [0.5, 0.6) is 5.75 Å². The van der Waals surface area contributed by atoms with Gasteiger partial charge in [0, 0.05) is 6.42 Å². The molecule has 4 rings (SSSR count). The summed E-state index contributed by atoms with van der Waals surface area (Å²) in [6, 6.07) is 6.60. The highest BCUT2D eigenvalue weighted by Crippen LogP contribution is 2.65. The fourth-order valence-electron chi connectivity index (χ4n) is 6.15. The molecule has 0 N–H and O–H groups in total. The number of rotatable bonds is 3. The Morgan fingerprint density at radius 1 is 1.24 bits per heavy atom. The van der Waals surface area contributed by atoms with E-state index in [1.54, 1.807) is 7.11 Å². The number of ether oxygens (including phenoxy) is 1. The summed E-state index contributed by atoms with van der Waals surface area (Å²) in [5, 5.41) is 0. The molecule has 0 amide bonds. The molecule has 1 fully saturated rings. The van der Waals surface area contributed by atoms with E-state index in [-0.39, 0.29) is 10.8 Å². The van der Waals surface area contributed by atoms with Gasteiger partial charge in [-0.05, 0) is 72.6 Å². The number of methoxy groups -OCH3 is 1. The van der Waals surface area contributed by atoms with Crippen molar-refractivity contribution in [3.63, 3.8) is 0 Å². The molecular weight excluding hydrogens is 308 g/mol. The summed E-state index contributed by atoms with van der Waals surface area (Å²) in [5.74, 6) is 2.56. The summed E-state index contributed by atoms with van der Waals surface area (Å²) in [4.78, 5) is 13.1. The molecule has 2 unspecified atom stereocenters. The van der Waals surface area contributed by atoms with Gasteiger partial charge in [-0.3, -0.25) is 4.79 Å². The molecule has 0 radical (unpaired) electrons. The van der Waals surface area contributed by atoms with Crippen molar-refractivity contribution >= 4 is 5.78 Å². The van der Waals surface area contributed by atoms with Crippen LogP contribution >= 0.6 is 0 Å². The van der Waals surface area contributed by atoms with E-state index >= 15 is 0 Å². The number of fused-ring (bicyclic) bond motifs is 5. The molecule has 0 saturated heterocycles. The Morgan fingerprint density at radius 2 is 2.04 bits per heavy atom. The first kappa shape index (κ1) is 16.9. The van der Waals surface area contributed by atoms with Crippen molar-refractivity contribution in [2.75, 3.05) is 7.11 Å². The van der Waals surface area contributed by atoms with Gasteiger partial charge in [0.15, 0.2) is 0 Å². The maximum Gasteiger partial charge on any atom is 0.143 e. The van der Waals surface area contributed by atoms with Crippen LogP contribution in [0.4, 0.5) is 0 Å². The normalized spacial score (nSPS) is 32.2. The maximum absolute atomic E-state index is 13.1. The van der Waals surface area contributed by atoms with Crippen molar-refractivity contribution in [1.82, 2.24) is 0 Å². The zero-order valence-corrected chi connectivity index (χ0v) is 16.0. The number of aryl methyl sites for hydroxylation is 1. The van der Waals surface area contributed by atoms with E-state index in [2.05, 4.69) is 38.1 Å². The average molecular weight is 338 g/mol. The SMILES string of the molecule is CCC(=O)[C@@]12CCC3c4ccc(OC)cc4CCC3C1=CCC2(C)C. The van der Waals surface area contributed by atoms with E-state index in [0.29, 0.717) is 24.0 Å². The largest absolute Gasteiger partial charge is 0.497 e. The van der Waals surface area contributed by atoms with E-state index in [0.717, 1.165) is 31.4 Å². The highest BCUT2D eigenvalue weighted by Gasteiger charge is 2.59. The molecule has 1 aromatic rings. The molecule has 0 bridgehead atoms. The summed E-state index contributed by atoms with van der Waals surface area (Å²) in [6.07, 6.45) is 8.58. The van der Waals surface area contributed by atoms with Crippen LogP contribution in [0.15, 0.2) is 29.8 Å². The van der Waals surface area contributed by atoms with E-state index in [4.69, 9.17) is 4.74 Å². The molecule has 134 valence electrons. The molecule has 0 aromatic heterocycles. The minimum atomic E-state index is -0.201. The lowest BCUT2D eigenvalue weighted by molar-refractivity contribution is -0.134. The number of Topliss-reactive ketones (excluding diaryl/α,β-unsaturated/α-hetero) is 1. The third kappa shape index (κ3) is 2.19. The Morgan fingerprint density at radius 3 is 2.76 bits per heavy atom. The number of allylic oxidation sites excluding steroid dienone is 2. The van der Waals surface area contributed by atoms with Gasteiger partial charge in [-0.2, -0.15) is 0 Å². The van der Waals surface area contributed by atoms with Gasteiger partial charge < -0.3 is 4.74 Å². The third-order valence-electron chi connectivity index (χ3n) is 7.47. The molecule has 0 heterocycles. The summed E-state index contributed by atoms with van der Waals surface area (Å²) in [6.45, 7) is 6.66. The summed E-state index contributed by atoms with van der Waals surface area (Å²) in [5.41, 5.74) is 4.31. The molecule has 2 heteroatoms. The lowest BCUT2D eigenvalue weighted by Gasteiger charge is -2.52. The number of carbonyl (C=O) groups excluding carboxylic acids is 1. The van der Waals surface area contributed by atoms with Gasteiger partial charge in [0.05, 0.1) is 12.5 Å². The van der Waals surface area contributed by atoms with Crippen LogP contribution in [0.3, 0.4) is 0 Å². The number of ketones is 1. The van der Waals surface area contributed by atoms with Crippen molar-refractivity contribution < 1.29 is 9.53 Å². The number of hydrogen-bond acceptors (Lipinski definition) is 2. The minimum Gasteiger partial charge on any atom is -0.497 e. The Kier molecular flexibility index (Phi) is 3.86. The van der Waals surface area contributed by atoms with Gasteiger partial charge in [0.2, 0.25) is 0 Å². The van der Waals surface area contributed by atoms with Crippen LogP contribution in [0.2, 0.25) is 0 Å². The molecule has 2 nitrogen and oxygen atoms in total. The van der Waals surface area contributed by atoms with Crippen molar-refractivity contribution in [2.45, 2.75) is 65.2 Å². The van der Waals surface area contributed by atoms with E-state index < -0.39 is 0 Å². The van der Waals surface area contributed by atoms with E-state index in [1.165, 1.54) is 23.1 Å². The van der Waals surface area contributed by atoms with Gasteiger partial charge in [0.25, 0.3) is 0 Å². The van der Waals surface area contributed by atoms with Gasteiger partial charge >= 0.3 is 0 Å². The quantitative estimate of drug-likeness (QED) is 0.684. The zero-order valence-electron chi connectivity index (χ0n) is 16.0. The summed E-state index contributed by atoms with van der Waals surface area (Å²) < 4.78 is 5.42. The first-order valence-electron chi connectivity index (χ1n) is 9.85. The van der Waals surface area contributed by atoms with Crippen molar-refractivity contribution in [3.05, 3.63) is 41.0 Å². The van der Waals surface area contributed by atoms with E-state index in [1.807, 2.05) is 6.92 Å². The number of benzene rings is 1. The highest BCUT2D eigenvalue weighted by molar-refractivity contribution is 5.90. The van der Waals surface area contributed by atoms with E-state index in [9.17, 15) is 4.79 Å². The molecule has 0 aliphatic heterocycles. The van der Waals surface area contributed by atoms with Crippen LogP contribution in [0.25, 0.3) is 0 Å². The van der Waals surface area contributed by atoms with Crippen LogP contribution < -0.4 is 4.74 Å². The van der Waals surface area contributed by atoms with Gasteiger partial charge in [-0.1, -0.05) is 38.5 Å². The lowest BCUT2D eigenvalue weighted by Crippen LogP contribution is -2.48. The average Bonchev–Trinajstić information content (AvgIpc) is 2.92. The second-order valence-electron chi connectivity index (χ2n) is 8.78. The Balaban J connectivity index is 1.75. The monoisotopic (exact) mass is 338 g/mol. The molecule has 0 spiro atoms. The predicted octanol–water partition coefficient (Wildman–Crippen LogP) is 5.46. The van der Waals surface area contributed by atoms with Gasteiger partial charge in [-0.25, -0.2) is 0 Å². The number of carbonyl (C=O) groups is 1. The first-order chi connectivity index (χ1) is 11.9. The molecule has 3 aliphatic carbocycles. The summed E-state index contributed by atoms with van der Waals surface area (Å²) >= 11 is 0. The van der Waals surface area contributed by atoms with Crippen molar-refractivity contribution in [2.24, 2.45) is 16.7 Å². The second kappa shape index (κ2) is 5.72. The third-order valence-corrected chi connectivity index (χ3v) is 7.47. The van der Waals surface area contributed by atoms with Gasteiger partial charge in [0.1, 0.15) is 11.5 Å². The molecule has 25 heavy (non-hydrogen) atoms. The predicted molar refractivity (Wildman–Crippen MR) is 101 cm³/mol. The maximum atomic E-state index is 13.1. The molecule has 3 aliphatic rings. The fourth-order valence-corrected chi connectivity index (χ4v) is 6.15. The minimum absolute atomic E-state index is 0.0700. The number of hydrogen-bond donors (Lipinski definition) is 0. The van der Waals surface area contributed by atoms with Crippen molar-refractivity contribution in [3.8, 4) is 5.75 Å². The van der Waals surface area contributed by atoms with Gasteiger partial charge in [-0.15, -0.1) is 0 Å². The summed E-state index contributed by atoms with van der Waals surface area (Å²) in [7, 11) is 1.74. The molecular formula is C23H30O2. The van der Waals surface area contributed by atoms with Crippen LogP contribution in [-0.2, 0) is 11.2 Å². The van der Waals surface area contributed by atoms with Crippen molar-refractivity contribution in [1.29, 1.82) is 0 Å². The topological polar surface area (TPSA) is 26.3 Å². The zero-order chi connectivity index (χ0) is 17.8. The molecule has 1 saturated carbocycles. The molecule has 3 atom stereocenters. The van der Waals surface area contributed by atoms with Crippen LogP contribution in [0, 0.1) is 16.7 Å². The van der Waals surface area contributed by atoms with Crippen LogP contribution in [-0.4, -0.2) is 12.9 Å². The molecule has 1 aromatic carbocycles. The second-order valence-corrected chi connectivity index (χ2v) is 8.78. The highest BCUT2D eigenvalue weighted by atomic mass is 16.5. The first-order valence-corrected chi connectivity index (χ1v) is 9.85. The smallest absolute Gasteiger partial charge is 0.143 e. The fraction of sp³-hybridized carbons (Fsp3) is 0.609. The van der Waals surface area contributed by atoms with Crippen LogP contribution in [0.1, 0.15) is 69.9 Å².